The van der Waals surface area contributed by atoms with Crippen LogP contribution in [0.15, 0.2) is 42.5 Å². The van der Waals surface area contributed by atoms with E-state index in [4.69, 9.17) is 9.47 Å². The van der Waals surface area contributed by atoms with Crippen molar-refractivity contribution in [2.45, 2.75) is 13.0 Å². The summed E-state index contributed by atoms with van der Waals surface area (Å²) in [6, 6.07) is 13.8. The molecule has 2 N–H and O–H groups in total. The number of carbonyl (C=O) groups excluding carboxylic acids is 1. The lowest BCUT2D eigenvalue weighted by atomic mass is 10.00. The van der Waals surface area contributed by atoms with Gasteiger partial charge in [-0.3, -0.25) is 4.79 Å². The molecule has 1 heterocycles. The minimum atomic E-state index is -0.0177. The third-order valence-electron chi connectivity index (χ3n) is 4.40. The second-order valence-electron chi connectivity index (χ2n) is 5.99. The molecule has 2 aromatic rings. The van der Waals surface area contributed by atoms with Crippen LogP contribution in [-0.4, -0.2) is 33.2 Å². The SMILES string of the molecule is COc1ccc(OC)c(NC(=O)C[NH+]2CCc3ccccc3C2)c1. The zero-order chi connectivity index (χ0) is 16.9. The van der Waals surface area contributed by atoms with Gasteiger partial charge >= 0.3 is 0 Å². The van der Waals surface area contributed by atoms with Gasteiger partial charge in [-0.1, -0.05) is 24.3 Å². The Labute approximate surface area is 142 Å². The highest BCUT2D eigenvalue weighted by molar-refractivity contribution is 5.93. The fourth-order valence-corrected chi connectivity index (χ4v) is 3.13. The number of rotatable bonds is 5. The van der Waals surface area contributed by atoms with Gasteiger partial charge in [0.1, 0.15) is 18.0 Å². The molecule has 0 radical (unpaired) electrons. The van der Waals surface area contributed by atoms with Crippen molar-refractivity contribution in [3.05, 3.63) is 53.6 Å². The van der Waals surface area contributed by atoms with Crippen molar-refractivity contribution < 1.29 is 19.2 Å². The maximum atomic E-state index is 12.4. The zero-order valence-electron chi connectivity index (χ0n) is 14.1. The molecule has 0 aromatic heterocycles. The molecule has 5 nitrogen and oxygen atoms in total. The average Bonchev–Trinajstić information content (AvgIpc) is 2.61. The van der Waals surface area contributed by atoms with Gasteiger partial charge < -0.3 is 19.7 Å². The Balaban J connectivity index is 1.64. The maximum absolute atomic E-state index is 12.4. The van der Waals surface area contributed by atoms with Crippen LogP contribution in [-0.2, 0) is 17.8 Å². The highest BCUT2D eigenvalue weighted by Gasteiger charge is 2.22. The molecule has 1 aliphatic heterocycles. The quantitative estimate of drug-likeness (QED) is 0.870. The highest BCUT2D eigenvalue weighted by Crippen LogP contribution is 2.28. The van der Waals surface area contributed by atoms with Crippen molar-refractivity contribution in [3.8, 4) is 11.5 Å². The molecule has 0 aliphatic carbocycles. The summed E-state index contributed by atoms with van der Waals surface area (Å²) in [6.45, 7) is 2.30. The minimum absolute atomic E-state index is 0.0177. The van der Waals surface area contributed by atoms with Gasteiger partial charge in [-0.05, 0) is 17.7 Å². The van der Waals surface area contributed by atoms with Crippen molar-refractivity contribution >= 4 is 11.6 Å². The van der Waals surface area contributed by atoms with Crippen LogP contribution in [0.3, 0.4) is 0 Å². The van der Waals surface area contributed by atoms with Crippen molar-refractivity contribution in [1.82, 2.24) is 0 Å². The number of quaternary nitrogens is 1. The molecule has 0 saturated heterocycles. The summed E-state index contributed by atoms with van der Waals surface area (Å²) >= 11 is 0. The molecule has 3 rings (SSSR count). The van der Waals surface area contributed by atoms with Crippen LogP contribution in [0.5, 0.6) is 11.5 Å². The number of amides is 1. The van der Waals surface area contributed by atoms with Crippen LogP contribution in [0.4, 0.5) is 5.69 Å². The van der Waals surface area contributed by atoms with Gasteiger partial charge in [0.15, 0.2) is 6.54 Å². The van der Waals surface area contributed by atoms with E-state index in [1.165, 1.54) is 16.0 Å². The van der Waals surface area contributed by atoms with Gasteiger partial charge in [-0.25, -0.2) is 0 Å². The number of anilines is 1. The largest absolute Gasteiger partial charge is 0.497 e. The Bertz CT molecular complexity index is 730. The Hall–Kier alpha value is -2.53. The average molecular weight is 327 g/mol. The fraction of sp³-hybridized carbons (Fsp3) is 0.316. The van der Waals surface area contributed by atoms with E-state index in [0.29, 0.717) is 23.7 Å². The molecule has 126 valence electrons. The molecule has 2 aromatic carbocycles. The lowest BCUT2D eigenvalue weighted by molar-refractivity contribution is -0.907. The van der Waals surface area contributed by atoms with Crippen LogP contribution in [0.2, 0.25) is 0 Å². The number of carbonyl (C=O) groups is 1. The second kappa shape index (κ2) is 7.36. The molecule has 0 bridgehead atoms. The molecule has 0 spiro atoms. The molecular weight excluding hydrogens is 304 g/mol. The Morgan fingerprint density at radius 2 is 1.92 bits per heavy atom. The van der Waals surface area contributed by atoms with E-state index in [2.05, 4.69) is 29.6 Å². The van der Waals surface area contributed by atoms with E-state index < -0.39 is 0 Å². The summed E-state index contributed by atoms with van der Waals surface area (Å²) in [7, 11) is 3.19. The van der Waals surface area contributed by atoms with E-state index in [9.17, 15) is 4.79 Å². The number of hydrogen-bond acceptors (Lipinski definition) is 3. The maximum Gasteiger partial charge on any atom is 0.279 e. The number of fused-ring (bicyclic) bond motifs is 1. The third kappa shape index (κ3) is 3.68. The number of methoxy groups -OCH3 is 2. The van der Waals surface area contributed by atoms with E-state index in [1.807, 2.05) is 0 Å². The van der Waals surface area contributed by atoms with E-state index >= 15 is 0 Å². The van der Waals surface area contributed by atoms with Gasteiger partial charge in [0.25, 0.3) is 5.91 Å². The van der Waals surface area contributed by atoms with Gasteiger partial charge in [0, 0.05) is 18.1 Å². The molecule has 5 heteroatoms. The molecular formula is C19H23N2O3+. The lowest BCUT2D eigenvalue weighted by Crippen LogP contribution is -3.12. The van der Waals surface area contributed by atoms with Crippen molar-refractivity contribution in [3.63, 3.8) is 0 Å². The standard InChI is InChI=1S/C19H22N2O3/c1-23-16-7-8-18(24-2)17(11-16)20-19(22)13-21-10-9-14-5-3-4-6-15(14)12-21/h3-8,11H,9-10,12-13H2,1-2H3,(H,20,22)/p+1. The number of hydrogen-bond donors (Lipinski definition) is 2. The Morgan fingerprint density at radius 3 is 2.67 bits per heavy atom. The third-order valence-corrected chi connectivity index (χ3v) is 4.40. The summed E-state index contributed by atoms with van der Waals surface area (Å²) in [5, 5.41) is 2.94. The highest BCUT2D eigenvalue weighted by atomic mass is 16.5. The first kappa shape index (κ1) is 16.3. The summed E-state index contributed by atoms with van der Waals surface area (Å²) in [4.78, 5) is 13.7. The first-order valence-electron chi connectivity index (χ1n) is 8.12. The number of benzene rings is 2. The number of ether oxygens (including phenoxy) is 2. The number of nitrogens with one attached hydrogen (secondary N) is 2. The van der Waals surface area contributed by atoms with E-state index in [1.54, 1.807) is 32.4 Å². The van der Waals surface area contributed by atoms with Crippen molar-refractivity contribution in [1.29, 1.82) is 0 Å². The molecule has 1 atom stereocenters. The van der Waals surface area contributed by atoms with Gasteiger partial charge in [0.2, 0.25) is 0 Å². The smallest absolute Gasteiger partial charge is 0.279 e. The van der Waals surface area contributed by atoms with Gasteiger partial charge in [0.05, 0.1) is 26.5 Å². The van der Waals surface area contributed by atoms with Gasteiger partial charge in [-0.15, -0.1) is 0 Å². The predicted molar refractivity (Wildman–Crippen MR) is 92.7 cm³/mol. The van der Waals surface area contributed by atoms with Crippen LogP contribution in [0.1, 0.15) is 11.1 Å². The van der Waals surface area contributed by atoms with Crippen LogP contribution in [0, 0.1) is 0 Å². The predicted octanol–water partition coefficient (Wildman–Crippen LogP) is 1.28. The Kier molecular flexibility index (Phi) is 5.01. The van der Waals surface area contributed by atoms with Gasteiger partial charge in [-0.2, -0.15) is 0 Å². The first-order valence-corrected chi connectivity index (χ1v) is 8.12. The summed E-state index contributed by atoms with van der Waals surface area (Å²) in [6.07, 6.45) is 1.02. The van der Waals surface area contributed by atoms with Crippen molar-refractivity contribution in [2.75, 3.05) is 32.6 Å². The van der Waals surface area contributed by atoms with E-state index in [-0.39, 0.29) is 5.91 Å². The summed E-state index contributed by atoms with van der Waals surface area (Å²) in [5.41, 5.74) is 3.38. The van der Waals surface area contributed by atoms with Crippen molar-refractivity contribution in [2.24, 2.45) is 0 Å². The molecule has 24 heavy (non-hydrogen) atoms. The lowest BCUT2D eigenvalue weighted by Gasteiger charge is -2.25. The summed E-state index contributed by atoms with van der Waals surface area (Å²) < 4.78 is 10.5. The monoisotopic (exact) mass is 327 g/mol. The minimum Gasteiger partial charge on any atom is -0.497 e. The van der Waals surface area contributed by atoms with Crippen LogP contribution < -0.4 is 19.7 Å². The normalized spacial score (nSPS) is 16.2. The molecule has 1 unspecified atom stereocenters. The Morgan fingerprint density at radius 1 is 1.12 bits per heavy atom. The van der Waals surface area contributed by atoms with Crippen LogP contribution in [0.25, 0.3) is 0 Å². The summed E-state index contributed by atoms with van der Waals surface area (Å²) in [5.74, 6) is 1.30. The van der Waals surface area contributed by atoms with E-state index in [0.717, 1.165) is 19.5 Å². The molecule has 0 fully saturated rings. The molecule has 1 aliphatic rings. The molecule has 1 amide bonds. The molecule has 0 saturated carbocycles. The van der Waals surface area contributed by atoms with Crippen LogP contribution >= 0.6 is 0 Å². The topological polar surface area (TPSA) is 52.0 Å². The first-order chi connectivity index (χ1) is 11.7. The fourth-order valence-electron chi connectivity index (χ4n) is 3.13. The zero-order valence-corrected chi connectivity index (χ0v) is 14.1. The second-order valence-corrected chi connectivity index (χ2v) is 5.99.